The number of benzene rings is 2. The second-order valence-electron chi connectivity index (χ2n) is 5.25. The summed E-state index contributed by atoms with van der Waals surface area (Å²) >= 11 is 6.11. The van der Waals surface area contributed by atoms with Gasteiger partial charge in [-0.3, -0.25) is 4.79 Å². The Morgan fingerprint density at radius 2 is 1.64 bits per heavy atom. The zero-order valence-electron chi connectivity index (χ0n) is 13.3. The number of carbonyl (C=O) groups excluding carboxylic acids is 1. The van der Waals surface area contributed by atoms with Crippen LogP contribution in [0.4, 0.5) is 0 Å². The highest BCUT2D eigenvalue weighted by atomic mass is 35.5. The summed E-state index contributed by atoms with van der Waals surface area (Å²) < 4.78 is 1.88. The summed E-state index contributed by atoms with van der Waals surface area (Å²) in [6.45, 7) is 0. The van der Waals surface area contributed by atoms with E-state index in [4.69, 9.17) is 11.6 Å². The predicted octanol–water partition coefficient (Wildman–Crippen LogP) is 4.47. The van der Waals surface area contributed by atoms with Crippen LogP contribution in [0.15, 0.2) is 89.3 Å². The van der Waals surface area contributed by atoms with Gasteiger partial charge in [0.1, 0.15) is 0 Å². The van der Waals surface area contributed by atoms with Crippen molar-refractivity contribution in [1.29, 1.82) is 0 Å². The van der Waals surface area contributed by atoms with E-state index in [0.717, 1.165) is 11.3 Å². The lowest BCUT2D eigenvalue weighted by molar-refractivity contribution is 0.0955. The number of nitrogens with one attached hydrogen (secondary N) is 1. The first-order valence-electron chi connectivity index (χ1n) is 7.72. The standard InChI is InChI=1S/C20H16ClN3O/c21-17(14-16-8-2-1-3-9-16)15-22-23-20(25)18-10-4-5-11-19(18)24-12-6-7-13-24/h1-15H,(H,23,25). The molecule has 0 atom stereocenters. The molecule has 0 bridgehead atoms. The summed E-state index contributed by atoms with van der Waals surface area (Å²) in [5.41, 5.74) is 4.78. The van der Waals surface area contributed by atoms with Gasteiger partial charge in [-0.05, 0) is 35.9 Å². The van der Waals surface area contributed by atoms with Crippen LogP contribution in [0.1, 0.15) is 15.9 Å². The molecular weight excluding hydrogens is 334 g/mol. The van der Waals surface area contributed by atoms with Crippen molar-refractivity contribution in [3.63, 3.8) is 0 Å². The molecule has 0 radical (unpaired) electrons. The quantitative estimate of drug-likeness (QED) is 0.536. The topological polar surface area (TPSA) is 46.4 Å². The Bertz CT molecular complexity index is 900. The number of aromatic nitrogens is 1. The molecule has 0 unspecified atom stereocenters. The molecule has 0 saturated carbocycles. The summed E-state index contributed by atoms with van der Waals surface area (Å²) in [6, 6.07) is 20.8. The van der Waals surface area contributed by atoms with Gasteiger partial charge in [0.05, 0.1) is 22.5 Å². The first-order chi connectivity index (χ1) is 12.2. The van der Waals surface area contributed by atoms with Crippen LogP contribution in [0.2, 0.25) is 0 Å². The molecule has 25 heavy (non-hydrogen) atoms. The number of carbonyl (C=O) groups is 1. The van der Waals surface area contributed by atoms with Crippen molar-refractivity contribution < 1.29 is 4.79 Å². The minimum absolute atomic E-state index is 0.301. The van der Waals surface area contributed by atoms with E-state index in [-0.39, 0.29) is 5.91 Å². The summed E-state index contributed by atoms with van der Waals surface area (Å²) in [4.78, 5) is 12.4. The lowest BCUT2D eigenvalue weighted by atomic mass is 10.1. The molecule has 0 aliphatic carbocycles. The van der Waals surface area contributed by atoms with Gasteiger partial charge in [0.25, 0.3) is 5.91 Å². The molecule has 1 amide bonds. The monoisotopic (exact) mass is 349 g/mol. The van der Waals surface area contributed by atoms with E-state index < -0.39 is 0 Å². The highest BCUT2D eigenvalue weighted by Gasteiger charge is 2.10. The van der Waals surface area contributed by atoms with E-state index in [2.05, 4.69) is 10.5 Å². The van der Waals surface area contributed by atoms with Gasteiger partial charge in [-0.2, -0.15) is 5.10 Å². The fourth-order valence-electron chi connectivity index (χ4n) is 2.34. The molecule has 3 aromatic rings. The van der Waals surface area contributed by atoms with Crippen molar-refractivity contribution in [3.8, 4) is 5.69 Å². The fourth-order valence-corrected chi connectivity index (χ4v) is 2.52. The number of rotatable bonds is 5. The maximum atomic E-state index is 12.4. The van der Waals surface area contributed by atoms with E-state index in [9.17, 15) is 4.79 Å². The second-order valence-corrected chi connectivity index (χ2v) is 5.68. The zero-order chi connectivity index (χ0) is 17.5. The summed E-state index contributed by atoms with van der Waals surface area (Å²) in [5, 5.41) is 4.35. The smallest absolute Gasteiger partial charge is 0.273 e. The van der Waals surface area contributed by atoms with Gasteiger partial charge in [0.2, 0.25) is 0 Å². The molecule has 0 aliphatic rings. The number of halogens is 1. The van der Waals surface area contributed by atoms with Crippen LogP contribution in [0.5, 0.6) is 0 Å². The fraction of sp³-hybridized carbons (Fsp3) is 0. The first-order valence-corrected chi connectivity index (χ1v) is 8.10. The van der Waals surface area contributed by atoms with Gasteiger partial charge in [-0.1, -0.05) is 54.1 Å². The lowest BCUT2D eigenvalue weighted by Gasteiger charge is -2.08. The molecule has 0 fully saturated rings. The minimum atomic E-state index is -0.301. The molecule has 2 aromatic carbocycles. The van der Waals surface area contributed by atoms with Crippen molar-refractivity contribution in [2.45, 2.75) is 0 Å². The van der Waals surface area contributed by atoms with E-state index in [1.54, 1.807) is 12.1 Å². The van der Waals surface area contributed by atoms with Crippen molar-refractivity contribution in [2.24, 2.45) is 5.10 Å². The highest BCUT2D eigenvalue weighted by Crippen LogP contribution is 2.14. The number of hydrogen-bond acceptors (Lipinski definition) is 2. The van der Waals surface area contributed by atoms with Gasteiger partial charge in [0.15, 0.2) is 0 Å². The molecule has 0 saturated heterocycles. The van der Waals surface area contributed by atoms with Crippen LogP contribution < -0.4 is 5.43 Å². The van der Waals surface area contributed by atoms with Crippen LogP contribution in [0.3, 0.4) is 0 Å². The zero-order valence-corrected chi connectivity index (χ0v) is 14.1. The molecular formula is C20H16ClN3O. The summed E-state index contributed by atoms with van der Waals surface area (Å²) in [7, 11) is 0. The van der Waals surface area contributed by atoms with E-state index in [1.165, 1.54) is 6.21 Å². The van der Waals surface area contributed by atoms with Gasteiger partial charge < -0.3 is 4.57 Å². The molecule has 0 aliphatic heterocycles. The largest absolute Gasteiger partial charge is 0.323 e. The Labute approximate surface area is 151 Å². The Morgan fingerprint density at radius 1 is 0.960 bits per heavy atom. The number of para-hydroxylation sites is 1. The maximum Gasteiger partial charge on any atom is 0.273 e. The molecule has 1 N–H and O–H groups in total. The van der Waals surface area contributed by atoms with Crippen LogP contribution in [0, 0.1) is 0 Å². The molecule has 0 spiro atoms. The summed E-state index contributed by atoms with van der Waals surface area (Å²) in [5.74, 6) is -0.301. The highest BCUT2D eigenvalue weighted by molar-refractivity contribution is 6.41. The molecule has 1 aromatic heterocycles. The predicted molar refractivity (Wildman–Crippen MR) is 102 cm³/mol. The number of hydrogen-bond donors (Lipinski definition) is 1. The van der Waals surface area contributed by atoms with Gasteiger partial charge in [0, 0.05) is 12.4 Å². The van der Waals surface area contributed by atoms with Crippen LogP contribution in [0.25, 0.3) is 11.8 Å². The minimum Gasteiger partial charge on any atom is -0.323 e. The van der Waals surface area contributed by atoms with Gasteiger partial charge >= 0.3 is 0 Å². The third kappa shape index (κ3) is 4.46. The molecule has 124 valence electrons. The average Bonchev–Trinajstić information content (AvgIpc) is 3.17. The Kier molecular flexibility index (Phi) is 5.44. The molecule has 5 heteroatoms. The van der Waals surface area contributed by atoms with E-state index in [0.29, 0.717) is 10.6 Å². The number of amides is 1. The van der Waals surface area contributed by atoms with Gasteiger partial charge in [-0.25, -0.2) is 5.43 Å². The third-order valence-corrected chi connectivity index (χ3v) is 3.70. The Morgan fingerprint density at radius 3 is 2.40 bits per heavy atom. The number of allylic oxidation sites excluding steroid dienone is 1. The van der Waals surface area contributed by atoms with Gasteiger partial charge in [-0.15, -0.1) is 0 Å². The third-order valence-electron chi connectivity index (χ3n) is 3.49. The van der Waals surface area contributed by atoms with Crippen LogP contribution in [-0.2, 0) is 0 Å². The maximum absolute atomic E-state index is 12.4. The van der Waals surface area contributed by atoms with Crippen molar-refractivity contribution in [1.82, 2.24) is 9.99 Å². The molecule has 4 nitrogen and oxygen atoms in total. The Hall–Kier alpha value is -3.11. The molecule has 1 heterocycles. The normalized spacial score (nSPS) is 11.6. The van der Waals surface area contributed by atoms with E-state index >= 15 is 0 Å². The Balaban J connectivity index is 1.70. The van der Waals surface area contributed by atoms with Crippen LogP contribution in [-0.4, -0.2) is 16.7 Å². The number of nitrogens with zero attached hydrogens (tertiary/aromatic N) is 2. The average molecular weight is 350 g/mol. The molecule has 3 rings (SSSR count). The van der Waals surface area contributed by atoms with Crippen LogP contribution >= 0.6 is 11.6 Å². The summed E-state index contributed by atoms with van der Waals surface area (Å²) in [6.07, 6.45) is 6.94. The lowest BCUT2D eigenvalue weighted by Crippen LogP contribution is -2.19. The second kappa shape index (κ2) is 8.13. The van der Waals surface area contributed by atoms with Crippen molar-refractivity contribution >= 4 is 29.8 Å². The first kappa shape index (κ1) is 16.7. The van der Waals surface area contributed by atoms with Crippen molar-refractivity contribution in [3.05, 3.63) is 95.3 Å². The number of hydrazone groups is 1. The van der Waals surface area contributed by atoms with Crippen molar-refractivity contribution in [2.75, 3.05) is 0 Å². The van der Waals surface area contributed by atoms with E-state index in [1.807, 2.05) is 77.6 Å². The SMILES string of the molecule is O=C(NN=CC(Cl)=Cc1ccccc1)c1ccccc1-n1cccc1.